The molecule has 0 unspecified atom stereocenters. The summed E-state index contributed by atoms with van der Waals surface area (Å²) in [6.07, 6.45) is 6.47. The molecule has 0 amide bonds. The van der Waals surface area contributed by atoms with Gasteiger partial charge in [-0.25, -0.2) is 4.98 Å². The van der Waals surface area contributed by atoms with E-state index in [0.29, 0.717) is 18.3 Å². The molecule has 0 fully saturated rings. The highest BCUT2D eigenvalue weighted by Gasteiger charge is 2.09. The van der Waals surface area contributed by atoms with Crippen LogP contribution < -0.4 is 5.32 Å². The van der Waals surface area contributed by atoms with Gasteiger partial charge < -0.3 is 14.6 Å². The van der Waals surface area contributed by atoms with Crippen LogP contribution in [0, 0.1) is 0 Å². The molecule has 0 aliphatic carbocycles. The molecule has 23 heavy (non-hydrogen) atoms. The number of anilines is 1. The number of methoxy groups -OCH3 is 1. The summed E-state index contributed by atoms with van der Waals surface area (Å²) in [6.45, 7) is 1.11. The summed E-state index contributed by atoms with van der Waals surface area (Å²) >= 11 is 0. The van der Waals surface area contributed by atoms with E-state index in [9.17, 15) is 0 Å². The van der Waals surface area contributed by atoms with Gasteiger partial charge in [0.2, 0.25) is 0 Å². The molecule has 0 atom stereocenters. The van der Waals surface area contributed by atoms with Crippen molar-refractivity contribution in [1.29, 1.82) is 0 Å². The minimum Gasteiger partial charge on any atom is -0.377 e. The maximum Gasteiger partial charge on any atom is 0.259 e. The lowest BCUT2D eigenvalue weighted by atomic mass is 10.2. The van der Waals surface area contributed by atoms with Gasteiger partial charge in [0, 0.05) is 33.1 Å². The fourth-order valence-electron chi connectivity index (χ4n) is 2.12. The molecule has 1 N–H and O–H groups in total. The zero-order valence-electron chi connectivity index (χ0n) is 13.1. The molecule has 3 aromatic heterocycles. The average molecular weight is 314 g/mol. The number of pyridine rings is 1. The standard InChI is InChI=1S/C15H18N6O2/c1-21-9-11(7-18-21)5-6-16-13-4-3-12(8-17-13)15-19-14(10-22-2)20-23-15/h3-4,7-9H,5-6,10H2,1-2H3,(H,16,17). The Balaban J connectivity index is 1.55. The summed E-state index contributed by atoms with van der Waals surface area (Å²) in [5.74, 6) is 1.75. The van der Waals surface area contributed by atoms with Crippen LogP contribution in [0.25, 0.3) is 11.5 Å². The van der Waals surface area contributed by atoms with Crippen molar-refractivity contribution >= 4 is 5.82 Å². The molecule has 3 aromatic rings. The first-order chi connectivity index (χ1) is 11.2. The molecular weight excluding hydrogens is 296 g/mol. The lowest BCUT2D eigenvalue weighted by Crippen LogP contribution is -2.05. The molecule has 120 valence electrons. The van der Waals surface area contributed by atoms with Gasteiger partial charge in [0.25, 0.3) is 5.89 Å². The van der Waals surface area contributed by atoms with Crippen LogP contribution in [0.3, 0.4) is 0 Å². The number of nitrogens with one attached hydrogen (secondary N) is 1. The van der Waals surface area contributed by atoms with Crippen molar-refractivity contribution in [3.63, 3.8) is 0 Å². The molecule has 0 bridgehead atoms. The lowest BCUT2D eigenvalue weighted by Gasteiger charge is -2.04. The van der Waals surface area contributed by atoms with Gasteiger partial charge in [-0.15, -0.1) is 0 Å². The lowest BCUT2D eigenvalue weighted by molar-refractivity contribution is 0.174. The predicted molar refractivity (Wildman–Crippen MR) is 83.6 cm³/mol. The maximum atomic E-state index is 5.17. The highest BCUT2D eigenvalue weighted by molar-refractivity contribution is 5.54. The van der Waals surface area contributed by atoms with Crippen molar-refractivity contribution in [3.05, 3.63) is 42.1 Å². The summed E-state index contributed by atoms with van der Waals surface area (Å²) in [4.78, 5) is 8.59. The third-order valence-electron chi connectivity index (χ3n) is 3.23. The molecule has 3 heterocycles. The van der Waals surface area contributed by atoms with Gasteiger partial charge in [0.1, 0.15) is 12.4 Å². The van der Waals surface area contributed by atoms with Crippen molar-refractivity contribution in [2.24, 2.45) is 7.05 Å². The van der Waals surface area contributed by atoms with Gasteiger partial charge >= 0.3 is 0 Å². The molecule has 0 saturated carbocycles. The molecule has 0 aromatic carbocycles. The molecule has 0 spiro atoms. The van der Waals surface area contributed by atoms with E-state index in [1.165, 1.54) is 5.56 Å². The second-order valence-corrected chi connectivity index (χ2v) is 5.08. The van der Waals surface area contributed by atoms with Gasteiger partial charge in [0.05, 0.1) is 11.8 Å². The molecule has 0 aliphatic rings. The Morgan fingerprint density at radius 3 is 2.91 bits per heavy atom. The molecular formula is C15H18N6O2. The topological polar surface area (TPSA) is 90.9 Å². The third kappa shape index (κ3) is 3.92. The summed E-state index contributed by atoms with van der Waals surface area (Å²) in [7, 11) is 3.50. The summed E-state index contributed by atoms with van der Waals surface area (Å²) < 4.78 is 11.9. The van der Waals surface area contributed by atoms with Crippen molar-refractivity contribution in [3.8, 4) is 11.5 Å². The van der Waals surface area contributed by atoms with Crippen LogP contribution in [-0.2, 0) is 24.8 Å². The zero-order valence-corrected chi connectivity index (χ0v) is 13.1. The Labute approximate surface area is 133 Å². The van der Waals surface area contributed by atoms with Crippen LogP contribution in [-0.4, -0.2) is 38.6 Å². The number of hydrogen-bond acceptors (Lipinski definition) is 7. The van der Waals surface area contributed by atoms with Crippen LogP contribution in [0.2, 0.25) is 0 Å². The first-order valence-corrected chi connectivity index (χ1v) is 7.24. The molecule has 0 radical (unpaired) electrons. The molecule has 8 nitrogen and oxygen atoms in total. The summed E-state index contributed by atoms with van der Waals surface area (Å²) in [6, 6.07) is 3.78. The van der Waals surface area contributed by atoms with Gasteiger partial charge in [-0.2, -0.15) is 10.1 Å². The van der Waals surface area contributed by atoms with E-state index in [4.69, 9.17) is 9.26 Å². The normalized spacial score (nSPS) is 10.9. The van der Waals surface area contributed by atoms with Crippen LogP contribution in [0.4, 0.5) is 5.82 Å². The first kappa shape index (κ1) is 15.2. The van der Waals surface area contributed by atoms with Gasteiger partial charge in [-0.05, 0) is 24.1 Å². The van der Waals surface area contributed by atoms with E-state index >= 15 is 0 Å². The van der Waals surface area contributed by atoms with Gasteiger partial charge in [0.15, 0.2) is 5.82 Å². The smallest absolute Gasteiger partial charge is 0.259 e. The van der Waals surface area contributed by atoms with E-state index in [1.807, 2.05) is 31.6 Å². The number of hydrogen-bond donors (Lipinski definition) is 1. The Kier molecular flexibility index (Phi) is 4.62. The Bertz CT molecular complexity index is 749. The van der Waals surface area contributed by atoms with E-state index in [0.717, 1.165) is 24.3 Å². The summed E-state index contributed by atoms with van der Waals surface area (Å²) in [5, 5.41) is 11.2. The Morgan fingerprint density at radius 2 is 2.22 bits per heavy atom. The van der Waals surface area contributed by atoms with Gasteiger partial charge in [-0.1, -0.05) is 5.16 Å². The molecule has 3 rings (SSSR count). The van der Waals surface area contributed by atoms with E-state index < -0.39 is 0 Å². The fourth-order valence-corrected chi connectivity index (χ4v) is 2.12. The number of rotatable bonds is 7. The van der Waals surface area contributed by atoms with Crippen LogP contribution in [0.1, 0.15) is 11.4 Å². The number of ether oxygens (including phenoxy) is 1. The van der Waals surface area contributed by atoms with Crippen LogP contribution in [0.15, 0.2) is 35.2 Å². The second-order valence-electron chi connectivity index (χ2n) is 5.08. The quantitative estimate of drug-likeness (QED) is 0.709. The summed E-state index contributed by atoms with van der Waals surface area (Å²) in [5.41, 5.74) is 1.96. The minimum atomic E-state index is 0.324. The van der Waals surface area contributed by atoms with Crippen molar-refractivity contribution in [2.45, 2.75) is 13.0 Å². The molecule has 0 aliphatic heterocycles. The maximum absolute atomic E-state index is 5.17. The second kappa shape index (κ2) is 7.01. The van der Waals surface area contributed by atoms with Crippen LogP contribution in [0.5, 0.6) is 0 Å². The highest BCUT2D eigenvalue weighted by Crippen LogP contribution is 2.17. The van der Waals surface area contributed by atoms with E-state index in [2.05, 4.69) is 25.5 Å². The average Bonchev–Trinajstić information content (AvgIpc) is 3.18. The van der Waals surface area contributed by atoms with Crippen molar-refractivity contribution < 1.29 is 9.26 Å². The van der Waals surface area contributed by atoms with E-state index in [-0.39, 0.29) is 0 Å². The minimum absolute atomic E-state index is 0.324. The third-order valence-corrected chi connectivity index (χ3v) is 3.23. The monoisotopic (exact) mass is 314 g/mol. The number of nitrogens with zero attached hydrogens (tertiary/aromatic N) is 5. The van der Waals surface area contributed by atoms with E-state index in [1.54, 1.807) is 18.0 Å². The van der Waals surface area contributed by atoms with Crippen molar-refractivity contribution in [1.82, 2.24) is 24.9 Å². The zero-order chi connectivity index (χ0) is 16.1. The Hall–Kier alpha value is -2.74. The molecule has 8 heteroatoms. The predicted octanol–water partition coefficient (Wildman–Crippen LogP) is 1.67. The molecule has 0 saturated heterocycles. The number of aromatic nitrogens is 5. The highest BCUT2D eigenvalue weighted by atomic mass is 16.5. The largest absolute Gasteiger partial charge is 0.377 e. The van der Waals surface area contributed by atoms with Crippen molar-refractivity contribution in [2.75, 3.05) is 19.0 Å². The first-order valence-electron chi connectivity index (χ1n) is 7.24. The van der Waals surface area contributed by atoms with Crippen LogP contribution >= 0.6 is 0 Å². The SMILES string of the molecule is COCc1noc(-c2ccc(NCCc3cnn(C)c3)nc2)n1. The Morgan fingerprint density at radius 1 is 1.30 bits per heavy atom. The fraction of sp³-hybridized carbons (Fsp3) is 0.333. The van der Waals surface area contributed by atoms with Gasteiger partial charge in [-0.3, -0.25) is 4.68 Å². The number of aryl methyl sites for hydroxylation is 1.